The highest BCUT2D eigenvalue weighted by Crippen LogP contribution is 2.38. The quantitative estimate of drug-likeness (QED) is 0.677. The fraction of sp³-hybridized carbons (Fsp3) is 0.0556. The number of fused-ring (bicyclic) bond motifs is 1. The van der Waals surface area contributed by atoms with E-state index in [0.29, 0.717) is 28.2 Å². The summed E-state index contributed by atoms with van der Waals surface area (Å²) >= 11 is 5.76. The van der Waals surface area contributed by atoms with Crippen LogP contribution in [0.4, 0.5) is 0 Å². The zero-order valence-corrected chi connectivity index (χ0v) is 12.7. The molecule has 4 nitrogen and oxygen atoms in total. The van der Waals surface area contributed by atoms with Crippen molar-refractivity contribution in [3.05, 3.63) is 65.7 Å². The number of benzene rings is 3. The molecule has 0 atom stereocenters. The molecule has 0 fully saturated rings. The summed E-state index contributed by atoms with van der Waals surface area (Å²) in [5.41, 5.74) is 0.761. The molecule has 0 saturated carbocycles. The molecule has 0 heterocycles. The third kappa shape index (κ3) is 2.94. The van der Waals surface area contributed by atoms with Crippen LogP contribution in [0.15, 0.2) is 54.6 Å². The number of alkyl halides is 1. The molecule has 3 rings (SSSR count). The number of hydrogen-bond acceptors (Lipinski definition) is 3. The highest BCUT2D eigenvalue weighted by atomic mass is 35.5. The lowest BCUT2D eigenvalue weighted by Gasteiger charge is -2.12. The average molecular weight is 329 g/mol. The van der Waals surface area contributed by atoms with Crippen LogP contribution in [0.5, 0.6) is 17.2 Å². The van der Waals surface area contributed by atoms with E-state index in [0.717, 1.165) is 5.56 Å². The fourth-order valence-corrected chi connectivity index (χ4v) is 2.53. The summed E-state index contributed by atoms with van der Waals surface area (Å²) in [5, 5.41) is 20.4. The van der Waals surface area contributed by atoms with Crippen molar-refractivity contribution in [2.45, 2.75) is 5.88 Å². The van der Waals surface area contributed by atoms with Gasteiger partial charge in [-0.2, -0.15) is 0 Å². The molecule has 3 aromatic rings. The van der Waals surface area contributed by atoms with Crippen LogP contribution in [-0.2, 0) is 5.88 Å². The minimum atomic E-state index is -1.21. The number of carbonyl (C=O) groups is 1. The number of carboxylic acid groups (broad SMARTS) is 1. The Morgan fingerprint density at radius 2 is 1.70 bits per heavy atom. The minimum Gasteiger partial charge on any atom is -0.506 e. The van der Waals surface area contributed by atoms with Crippen LogP contribution in [-0.4, -0.2) is 16.2 Å². The maximum atomic E-state index is 11.3. The van der Waals surface area contributed by atoms with E-state index >= 15 is 0 Å². The molecule has 0 bridgehead atoms. The van der Waals surface area contributed by atoms with Crippen LogP contribution < -0.4 is 4.74 Å². The Labute approximate surface area is 137 Å². The van der Waals surface area contributed by atoms with E-state index in [1.54, 1.807) is 36.4 Å². The lowest BCUT2D eigenvalue weighted by molar-refractivity contribution is 0.0693. The summed E-state index contributed by atoms with van der Waals surface area (Å²) in [6.45, 7) is 0. The van der Waals surface area contributed by atoms with Gasteiger partial charge in [-0.05, 0) is 23.8 Å². The Hall–Kier alpha value is -2.72. The minimum absolute atomic E-state index is 0.198. The monoisotopic (exact) mass is 328 g/mol. The van der Waals surface area contributed by atoms with Gasteiger partial charge in [-0.1, -0.05) is 36.4 Å². The standard InChI is InChI=1S/C18H13ClO4/c19-10-11-5-7-12(8-6-11)23-16-9-15(18(21)22)17(20)14-4-2-1-3-13(14)16/h1-9,20H,10H2,(H,21,22). The van der Waals surface area contributed by atoms with Gasteiger partial charge in [0.05, 0.1) is 0 Å². The number of rotatable bonds is 4. The second-order valence-corrected chi connectivity index (χ2v) is 5.27. The molecule has 0 aliphatic rings. The lowest BCUT2D eigenvalue weighted by atomic mass is 10.0. The van der Waals surface area contributed by atoms with Gasteiger partial charge in [0.1, 0.15) is 22.8 Å². The SMILES string of the molecule is O=C(O)c1cc(Oc2ccc(CCl)cc2)c2ccccc2c1O. The van der Waals surface area contributed by atoms with Gasteiger partial charge in [-0.15, -0.1) is 11.6 Å². The average Bonchev–Trinajstić information content (AvgIpc) is 2.58. The van der Waals surface area contributed by atoms with Crippen LogP contribution in [0.3, 0.4) is 0 Å². The maximum Gasteiger partial charge on any atom is 0.339 e. The molecule has 5 heteroatoms. The van der Waals surface area contributed by atoms with Crippen LogP contribution in [0.25, 0.3) is 10.8 Å². The molecular formula is C18H13ClO4. The Balaban J connectivity index is 2.11. The van der Waals surface area contributed by atoms with Crippen LogP contribution in [0, 0.1) is 0 Å². The molecule has 0 aliphatic heterocycles. The van der Waals surface area contributed by atoms with Gasteiger partial charge >= 0.3 is 5.97 Å². The van der Waals surface area contributed by atoms with E-state index in [-0.39, 0.29) is 11.3 Å². The molecule has 2 N–H and O–H groups in total. The molecule has 0 amide bonds. The predicted octanol–water partition coefficient (Wildman–Crippen LogP) is 4.77. The Bertz CT molecular complexity index is 872. The molecule has 0 aromatic heterocycles. The fourth-order valence-electron chi connectivity index (χ4n) is 2.35. The summed E-state index contributed by atoms with van der Waals surface area (Å²) in [6.07, 6.45) is 0. The molecule has 0 spiro atoms. The van der Waals surface area contributed by atoms with Crippen molar-refractivity contribution in [1.29, 1.82) is 0 Å². The Kier molecular flexibility index (Phi) is 4.08. The van der Waals surface area contributed by atoms with E-state index in [1.807, 2.05) is 12.1 Å². The van der Waals surface area contributed by atoms with Crippen molar-refractivity contribution < 1.29 is 19.7 Å². The summed E-state index contributed by atoms with van der Waals surface area (Å²) in [7, 11) is 0. The normalized spacial score (nSPS) is 10.7. The van der Waals surface area contributed by atoms with Gasteiger partial charge < -0.3 is 14.9 Å². The topological polar surface area (TPSA) is 66.8 Å². The van der Waals surface area contributed by atoms with Gasteiger partial charge in [0.2, 0.25) is 0 Å². The van der Waals surface area contributed by atoms with Gasteiger partial charge in [0, 0.05) is 16.7 Å². The number of aromatic hydroxyl groups is 1. The van der Waals surface area contributed by atoms with Crippen LogP contribution >= 0.6 is 11.6 Å². The Morgan fingerprint density at radius 1 is 1.04 bits per heavy atom. The van der Waals surface area contributed by atoms with Crippen molar-refractivity contribution in [2.75, 3.05) is 0 Å². The molecule has 3 aromatic carbocycles. The summed E-state index contributed by atoms with van der Waals surface area (Å²) in [6, 6.07) is 15.5. The highest BCUT2D eigenvalue weighted by molar-refractivity contribution is 6.17. The number of hydrogen-bond donors (Lipinski definition) is 2. The van der Waals surface area contributed by atoms with Gasteiger partial charge in [0.15, 0.2) is 0 Å². The number of halogens is 1. The zero-order chi connectivity index (χ0) is 16.4. The zero-order valence-electron chi connectivity index (χ0n) is 12.0. The number of carboxylic acids is 1. The van der Waals surface area contributed by atoms with E-state index < -0.39 is 5.97 Å². The molecule has 0 aliphatic carbocycles. The van der Waals surface area contributed by atoms with Crippen molar-refractivity contribution in [3.63, 3.8) is 0 Å². The second-order valence-electron chi connectivity index (χ2n) is 5.00. The number of phenols is 1. The Morgan fingerprint density at radius 3 is 2.30 bits per heavy atom. The second kappa shape index (κ2) is 6.18. The van der Waals surface area contributed by atoms with Gasteiger partial charge in [0.25, 0.3) is 0 Å². The highest BCUT2D eigenvalue weighted by Gasteiger charge is 2.17. The smallest absolute Gasteiger partial charge is 0.339 e. The first kappa shape index (κ1) is 15.2. The van der Waals surface area contributed by atoms with Crippen molar-refractivity contribution in [3.8, 4) is 17.2 Å². The lowest BCUT2D eigenvalue weighted by Crippen LogP contribution is -1.99. The van der Waals surface area contributed by atoms with E-state index in [2.05, 4.69) is 0 Å². The van der Waals surface area contributed by atoms with Crippen molar-refractivity contribution in [2.24, 2.45) is 0 Å². The first-order valence-corrected chi connectivity index (χ1v) is 7.44. The maximum absolute atomic E-state index is 11.3. The number of aromatic carboxylic acids is 1. The van der Waals surface area contributed by atoms with E-state index in [4.69, 9.17) is 16.3 Å². The largest absolute Gasteiger partial charge is 0.506 e. The molecule has 0 radical (unpaired) electrons. The van der Waals surface area contributed by atoms with Crippen LogP contribution in [0.2, 0.25) is 0 Å². The van der Waals surface area contributed by atoms with Gasteiger partial charge in [-0.25, -0.2) is 4.79 Å². The third-order valence-electron chi connectivity index (χ3n) is 3.51. The van der Waals surface area contributed by atoms with Crippen LogP contribution in [0.1, 0.15) is 15.9 Å². The van der Waals surface area contributed by atoms with Crippen molar-refractivity contribution in [1.82, 2.24) is 0 Å². The van der Waals surface area contributed by atoms with E-state index in [1.165, 1.54) is 6.07 Å². The number of ether oxygens (including phenoxy) is 1. The third-order valence-corrected chi connectivity index (χ3v) is 3.82. The molecular weight excluding hydrogens is 316 g/mol. The molecule has 0 unspecified atom stereocenters. The predicted molar refractivity (Wildman–Crippen MR) is 88.6 cm³/mol. The molecule has 0 saturated heterocycles. The van der Waals surface area contributed by atoms with E-state index in [9.17, 15) is 15.0 Å². The molecule has 23 heavy (non-hydrogen) atoms. The van der Waals surface area contributed by atoms with Crippen molar-refractivity contribution >= 4 is 28.3 Å². The summed E-state index contributed by atoms with van der Waals surface area (Å²) < 4.78 is 5.82. The summed E-state index contributed by atoms with van der Waals surface area (Å²) in [5.74, 6) is -0.139. The molecule has 116 valence electrons. The first-order chi connectivity index (χ1) is 11.1. The van der Waals surface area contributed by atoms with Gasteiger partial charge in [-0.3, -0.25) is 0 Å². The summed E-state index contributed by atoms with van der Waals surface area (Å²) in [4.78, 5) is 11.3. The first-order valence-electron chi connectivity index (χ1n) is 6.91.